The average Bonchev–Trinajstić information content (AvgIpc) is 2.97. The van der Waals surface area contributed by atoms with Crippen molar-refractivity contribution < 1.29 is 11.0 Å². The van der Waals surface area contributed by atoms with Crippen LogP contribution in [0.2, 0.25) is 0 Å². The molecule has 4 nitrogen and oxygen atoms in total. The van der Waals surface area contributed by atoms with Gasteiger partial charge in [0.15, 0.2) is 5.78 Å². The van der Waals surface area contributed by atoms with E-state index in [0.29, 0.717) is 24.0 Å². The largest absolute Gasteiger partial charge is 0.364 e. The number of fused-ring (bicyclic) bond motifs is 1. The molecule has 1 aromatic heterocycles. The van der Waals surface area contributed by atoms with Gasteiger partial charge < -0.3 is 5.73 Å². The van der Waals surface area contributed by atoms with Gasteiger partial charge in [0.2, 0.25) is 0 Å². The number of aryl methyl sites for hydroxylation is 1. The number of ketones is 1. The van der Waals surface area contributed by atoms with Crippen LogP contribution in [-0.2, 0) is 17.6 Å². The van der Waals surface area contributed by atoms with Gasteiger partial charge in [-0.25, -0.2) is 4.98 Å². The summed E-state index contributed by atoms with van der Waals surface area (Å²) in [6.45, 7) is 10.4. The van der Waals surface area contributed by atoms with Crippen LogP contribution in [0.15, 0.2) is 47.6 Å². The third kappa shape index (κ3) is 5.53. The molecule has 1 amide bonds. The van der Waals surface area contributed by atoms with Gasteiger partial charge >= 0.3 is 0 Å². The molecule has 2 N–H and O–H groups in total. The molecular formula is C25H36N2O2. The Balaban J connectivity index is 0.00000146. The van der Waals surface area contributed by atoms with Crippen LogP contribution in [0.1, 0.15) is 70.6 Å². The highest BCUT2D eigenvalue weighted by atomic mass is 16.1. The van der Waals surface area contributed by atoms with Crippen LogP contribution in [0.3, 0.4) is 0 Å². The van der Waals surface area contributed by atoms with Gasteiger partial charge in [0.05, 0.1) is 0 Å². The van der Waals surface area contributed by atoms with E-state index in [4.69, 9.17) is 5.73 Å². The monoisotopic (exact) mass is 396 g/mol. The van der Waals surface area contributed by atoms with Crippen LogP contribution in [-0.4, -0.2) is 16.7 Å². The highest BCUT2D eigenvalue weighted by Gasteiger charge is 2.28. The standard InChI is InChI=1S/C23H28N2O2.C2H6.H2/c1-14-6-4-5-7-19(16(14)3)22(26)13-17-8-10-20-18(12-15(17)2)9-11-21(25-20)23(24)27;1-2;/h4-7,9,11,15-17H,8,10,12-13H2,1-3H3,(H2,24,27);1-2H3;1H. The summed E-state index contributed by atoms with van der Waals surface area (Å²) in [6, 6.07) is 3.68. The zero-order chi connectivity index (χ0) is 21.6. The van der Waals surface area contributed by atoms with Crippen molar-refractivity contribution in [1.82, 2.24) is 4.98 Å². The number of hydrogen-bond acceptors (Lipinski definition) is 3. The lowest BCUT2D eigenvalue weighted by Crippen LogP contribution is -2.20. The molecule has 0 aromatic carbocycles. The van der Waals surface area contributed by atoms with E-state index in [2.05, 4.69) is 31.8 Å². The lowest BCUT2D eigenvalue weighted by molar-refractivity contribution is -0.117. The molecule has 29 heavy (non-hydrogen) atoms. The van der Waals surface area contributed by atoms with E-state index in [9.17, 15) is 9.59 Å². The van der Waals surface area contributed by atoms with E-state index in [1.807, 2.05) is 38.1 Å². The third-order valence-electron chi connectivity index (χ3n) is 6.08. The molecule has 3 rings (SSSR count). The molecule has 0 radical (unpaired) electrons. The predicted octanol–water partition coefficient (Wildman–Crippen LogP) is 5.23. The van der Waals surface area contributed by atoms with Gasteiger partial charge in [0.1, 0.15) is 5.69 Å². The first-order chi connectivity index (χ1) is 13.9. The lowest BCUT2D eigenvalue weighted by Gasteiger charge is -2.23. The zero-order valence-corrected chi connectivity index (χ0v) is 18.4. The van der Waals surface area contributed by atoms with Crippen LogP contribution >= 0.6 is 0 Å². The second-order valence-electron chi connectivity index (χ2n) is 7.91. The second kappa shape index (κ2) is 10.3. The number of rotatable bonds is 4. The summed E-state index contributed by atoms with van der Waals surface area (Å²) in [5.41, 5.74) is 9.93. The Morgan fingerprint density at radius 3 is 2.55 bits per heavy atom. The quantitative estimate of drug-likeness (QED) is 0.708. The number of hydrogen-bond donors (Lipinski definition) is 1. The van der Waals surface area contributed by atoms with E-state index in [0.717, 1.165) is 30.5 Å². The van der Waals surface area contributed by atoms with Crippen molar-refractivity contribution in [3.8, 4) is 0 Å². The van der Waals surface area contributed by atoms with E-state index < -0.39 is 5.91 Å². The van der Waals surface area contributed by atoms with Crippen molar-refractivity contribution in [2.75, 3.05) is 0 Å². The van der Waals surface area contributed by atoms with Crippen molar-refractivity contribution >= 4 is 11.7 Å². The first-order valence-corrected chi connectivity index (χ1v) is 10.7. The number of allylic oxidation sites excluding steroid dienone is 6. The summed E-state index contributed by atoms with van der Waals surface area (Å²) in [5, 5.41) is 0. The third-order valence-corrected chi connectivity index (χ3v) is 6.08. The van der Waals surface area contributed by atoms with Gasteiger partial charge in [0.25, 0.3) is 5.91 Å². The number of amides is 1. The maximum absolute atomic E-state index is 13.0. The number of aromatic nitrogens is 1. The molecule has 1 aromatic rings. The highest BCUT2D eigenvalue weighted by molar-refractivity contribution is 5.97. The molecule has 0 bridgehead atoms. The molecule has 0 aliphatic heterocycles. The first kappa shape index (κ1) is 22.8. The molecule has 1 heterocycles. The fourth-order valence-corrected chi connectivity index (χ4v) is 4.08. The van der Waals surface area contributed by atoms with Crippen LogP contribution in [0.5, 0.6) is 0 Å². The normalized spacial score (nSPS) is 23.4. The molecular weight excluding hydrogens is 360 g/mol. The van der Waals surface area contributed by atoms with Gasteiger partial charge in [-0.15, -0.1) is 0 Å². The van der Waals surface area contributed by atoms with Crippen molar-refractivity contribution in [2.45, 2.75) is 60.3 Å². The lowest BCUT2D eigenvalue weighted by atomic mass is 9.81. The van der Waals surface area contributed by atoms with Crippen LogP contribution < -0.4 is 5.73 Å². The van der Waals surface area contributed by atoms with Crippen molar-refractivity contribution in [2.24, 2.45) is 23.5 Å². The average molecular weight is 397 g/mol. The van der Waals surface area contributed by atoms with E-state index in [-0.39, 0.29) is 13.1 Å². The van der Waals surface area contributed by atoms with Gasteiger partial charge in [0, 0.05) is 25.0 Å². The molecule has 0 saturated heterocycles. The molecule has 0 spiro atoms. The summed E-state index contributed by atoms with van der Waals surface area (Å²) >= 11 is 0. The molecule has 158 valence electrons. The van der Waals surface area contributed by atoms with Crippen molar-refractivity contribution in [1.29, 1.82) is 0 Å². The Bertz CT molecular complexity index is 855. The second-order valence-corrected chi connectivity index (χ2v) is 7.91. The minimum Gasteiger partial charge on any atom is -0.364 e. The number of nitrogens with two attached hydrogens (primary N) is 1. The number of carbonyl (C=O) groups excluding carboxylic acids is 2. The van der Waals surface area contributed by atoms with E-state index in [1.54, 1.807) is 6.07 Å². The summed E-state index contributed by atoms with van der Waals surface area (Å²) in [5.74, 6) is 0.618. The maximum Gasteiger partial charge on any atom is 0.267 e. The van der Waals surface area contributed by atoms with Crippen LogP contribution in [0, 0.1) is 17.8 Å². The molecule has 4 heteroatoms. The zero-order valence-electron chi connectivity index (χ0n) is 18.4. The Hall–Kier alpha value is -2.49. The van der Waals surface area contributed by atoms with Crippen molar-refractivity contribution in [3.63, 3.8) is 0 Å². The summed E-state index contributed by atoms with van der Waals surface area (Å²) < 4.78 is 0. The van der Waals surface area contributed by atoms with E-state index in [1.165, 1.54) is 11.1 Å². The fourth-order valence-electron chi connectivity index (χ4n) is 4.08. The minimum absolute atomic E-state index is 0. The number of carbonyl (C=O) groups is 2. The predicted molar refractivity (Wildman–Crippen MR) is 121 cm³/mol. The number of primary amides is 1. The number of pyridine rings is 1. The fraction of sp³-hybridized carbons (Fsp3) is 0.480. The molecule has 2 aliphatic rings. The van der Waals surface area contributed by atoms with E-state index >= 15 is 0 Å². The summed E-state index contributed by atoms with van der Waals surface area (Å²) in [7, 11) is 0. The van der Waals surface area contributed by atoms with Gasteiger partial charge in [-0.3, -0.25) is 9.59 Å². The van der Waals surface area contributed by atoms with Crippen LogP contribution in [0.25, 0.3) is 0 Å². The Labute approximate surface area is 176 Å². The highest BCUT2D eigenvalue weighted by Crippen LogP contribution is 2.33. The Kier molecular flexibility index (Phi) is 8.12. The van der Waals surface area contributed by atoms with Crippen LogP contribution in [0.4, 0.5) is 0 Å². The Morgan fingerprint density at radius 1 is 1.17 bits per heavy atom. The minimum atomic E-state index is -0.493. The van der Waals surface area contributed by atoms with Crippen molar-refractivity contribution in [3.05, 3.63) is 64.5 Å². The molecule has 3 atom stereocenters. The van der Waals surface area contributed by atoms with Gasteiger partial charge in [-0.05, 0) is 49.7 Å². The first-order valence-electron chi connectivity index (χ1n) is 10.7. The van der Waals surface area contributed by atoms with Gasteiger partial charge in [-0.1, -0.05) is 63.6 Å². The number of Topliss-reactive ketones (excluding diaryl/α,β-unsaturated/α-hetero) is 1. The maximum atomic E-state index is 13.0. The SMILES string of the molecule is CC.CC1=CC=CC=C(C(=O)CC2CCc3nc(C(N)=O)ccc3CC2C)C1C.[HH]. The summed E-state index contributed by atoms with van der Waals surface area (Å²) in [6.07, 6.45) is 11.1. The Morgan fingerprint density at radius 2 is 1.86 bits per heavy atom. The van der Waals surface area contributed by atoms with Gasteiger partial charge in [-0.2, -0.15) is 0 Å². The molecule has 3 unspecified atom stereocenters. The smallest absolute Gasteiger partial charge is 0.267 e. The molecule has 0 saturated carbocycles. The topological polar surface area (TPSA) is 73.1 Å². The number of nitrogens with zero attached hydrogens (tertiary/aromatic N) is 1. The summed E-state index contributed by atoms with van der Waals surface area (Å²) in [4.78, 5) is 28.9. The molecule has 0 fully saturated rings. The molecule has 2 aliphatic carbocycles.